The van der Waals surface area contributed by atoms with E-state index in [4.69, 9.17) is 4.42 Å². The molecule has 7 heteroatoms. The van der Waals surface area contributed by atoms with Gasteiger partial charge in [0.05, 0.1) is 19.4 Å². The summed E-state index contributed by atoms with van der Waals surface area (Å²) in [6, 6.07) is 7.73. The summed E-state index contributed by atoms with van der Waals surface area (Å²) in [5, 5.41) is 17.0. The fraction of sp³-hybridized carbons (Fsp3) is 0.545. The summed E-state index contributed by atoms with van der Waals surface area (Å²) in [4.78, 5) is 11.7. The van der Waals surface area contributed by atoms with Crippen molar-refractivity contribution >= 4 is 11.8 Å². The lowest BCUT2D eigenvalue weighted by Crippen LogP contribution is -2.44. The number of aliphatic imine (C=N–C) groups is 1. The molecular weight excluding hydrogens is 366 g/mol. The fourth-order valence-electron chi connectivity index (χ4n) is 3.44. The van der Waals surface area contributed by atoms with E-state index in [2.05, 4.69) is 37.6 Å². The van der Waals surface area contributed by atoms with Crippen LogP contribution in [-0.4, -0.2) is 42.2 Å². The molecule has 0 radical (unpaired) electrons. The fourth-order valence-corrected chi connectivity index (χ4v) is 3.44. The molecule has 0 saturated carbocycles. The predicted octanol–water partition coefficient (Wildman–Crippen LogP) is 3.02. The second kappa shape index (κ2) is 10.3. The standard InChI is InChI=1S/C22H33N5O2/c1-3-23-21(26-17-22(2,28)19-9-8-14-29-19)25-16-18-10-11-20(24-15-18)27-12-6-4-5-7-13-27/h8-11,14-15,28H,3-7,12-13,16-17H2,1-2H3,(H2,23,25,26). The van der Waals surface area contributed by atoms with E-state index in [-0.39, 0.29) is 0 Å². The zero-order chi connectivity index (χ0) is 20.5. The lowest BCUT2D eigenvalue weighted by molar-refractivity contribution is 0.0386. The van der Waals surface area contributed by atoms with Gasteiger partial charge >= 0.3 is 0 Å². The molecule has 1 fully saturated rings. The molecule has 1 unspecified atom stereocenters. The van der Waals surface area contributed by atoms with Crippen LogP contribution in [0.4, 0.5) is 5.82 Å². The average molecular weight is 400 g/mol. The Kier molecular flexibility index (Phi) is 7.52. The van der Waals surface area contributed by atoms with Crippen LogP contribution in [0.15, 0.2) is 46.1 Å². The first kappa shape index (κ1) is 21.2. The Labute approximate surface area is 173 Å². The SMILES string of the molecule is CCNC(=NCc1ccc(N2CCCCCC2)nc1)NCC(C)(O)c1ccco1. The Bertz CT molecular complexity index is 748. The molecule has 1 saturated heterocycles. The highest BCUT2D eigenvalue weighted by Gasteiger charge is 2.26. The number of guanidine groups is 1. The summed E-state index contributed by atoms with van der Waals surface area (Å²) in [7, 11) is 0. The van der Waals surface area contributed by atoms with Crippen LogP contribution in [0.2, 0.25) is 0 Å². The highest BCUT2D eigenvalue weighted by Crippen LogP contribution is 2.20. The zero-order valence-corrected chi connectivity index (χ0v) is 17.5. The Morgan fingerprint density at radius 3 is 2.62 bits per heavy atom. The summed E-state index contributed by atoms with van der Waals surface area (Å²) in [5.74, 6) is 2.23. The van der Waals surface area contributed by atoms with Gasteiger partial charge in [0.2, 0.25) is 0 Å². The molecule has 0 spiro atoms. The van der Waals surface area contributed by atoms with Gasteiger partial charge in [0.25, 0.3) is 0 Å². The number of rotatable bonds is 7. The van der Waals surface area contributed by atoms with Crippen molar-refractivity contribution in [2.75, 3.05) is 31.1 Å². The van der Waals surface area contributed by atoms with Crippen molar-refractivity contribution in [1.29, 1.82) is 0 Å². The molecule has 2 aromatic rings. The number of hydrogen-bond acceptors (Lipinski definition) is 5. The van der Waals surface area contributed by atoms with Gasteiger partial charge in [-0.1, -0.05) is 18.9 Å². The topological polar surface area (TPSA) is 85.9 Å². The first-order valence-electron chi connectivity index (χ1n) is 10.6. The quantitative estimate of drug-likeness (QED) is 0.490. The van der Waals surface area contributed by atoms with E-state index in [0.29, 0.717) is 24.8 Å². The van der Waals surface area contributed by atoms with Crippen molar-refractivity contribution in [3.05, 3.63) is 48.0 Å². The maximum atomic E-state index is 10.6. The number of aromatic nitrogens is 1. The molecule has 3 N–H and O–H groups in total. The van der Waals surface area contributed by atoms with Gasteiger partial charge in [-0.05, 0) is 50.5 Å². The molecule has 3 rings (SSSR count). The van der Waals surface area contributed by atoms with E-state index in [0.717, 1.165) is 31.0 Å². The van der Waals surface area contributed by atoms with Gasteiger partial charge in [-0.15, -0.1) is 0 Å². The van der Waals surface area contributed by atoms with Crippen LogP contribution >= 0.6 is 0 Å². The highest BCUT2D eigenvalue weighted by atomic mass is 16.4. The number of nitrogens with zero attached hydrogens (tertiary/aromatic N) is 3. The van der Waals surface area contributed by atoms with Gasteiger partial charge in [0, 0.05) is 25.8 Å². The van der Waals surface area contributed by atoms with Crippen molar-refractivity contribution < 1.29 is 9.52 Å². The van der Waals surface area contributed by atoms with E-state index in [1.54, 1.807) is 25.3 Å². The summed E-state index contributed by atoms with van der Waals surface area (Å²) in [6.07, 6.45) is 8.59. The third kappa shape index (κ3) is 6.22. The molecule has 1 aliphatic heterocycles. The molecule has 1 aliphatic rings. The van der Waals surface area contributed by atoms with Crippen molar-refractivity contribution in [1.82, 2.24) is 15.6 Å². The maximum absolute atomic E-state index is 10.6. The maximum Gasteiger partial charge on any atom is 0.191 e. The predicted molar refractivity (Wildman–Crippen MR) is 116 cm³/mol. The summed E-state index contributed by atoms with van der Waals surface area (Å²) in [6.45, 7) is 7.46. The van der Waals surface area contributed by atoms with Crippen molar-refractivity contribution in [3.8, 4) is 0 Å². The number of pyridine rings is 1. The number of hydrogen-bond donors (Lipinski definition) is 3. The molecule has 7 nitrogen and oxygen atoms in total. The highest BCUT2D eigenvalue weighted by molar-refractivity contribution is 5.79. The van der Waals surface area contributed by atoms with Crippen molar-refractivity contribution in [3.63, 3.8) is 0 Å². The molecule has 29 heavy (non-hydrogen) atoms. The Morgan fingerprint density at radius 2 is 2.00 bits per heavy atom. The molecule has 0 bridgehead atoms. The van der Waals surface area contributed by atoms with E-state index in [9.17, 15) is 5.11 Å². The second-order valence-electron chi connectivity index (χ2n) is 7.73. The minimum Gasteiger partial charge on any atom is -0.466 e. The smallest absolute Gasteiger partial charge is 0.191 e. The van der Waals surface area contributed by atoms with E-state index >= 15 is 0 Å². The van der Waals surface area contributed by atoms with Gasteiger partial charge in [-0.2, -0.15) is 0 Å². The lowest BCUT2D eigenvalue weighted by atomic mass is 10.0. The van der Waals surface area contributed by atoms with Crippen LogP contribution in [0, 0.1) is 0 Å². The Morgan fingerprint density at radius 1 is 1.21 bits per heavy atom. The number of anilines is 1. The number of aliphatic hydroxyl groups is 1. The van der Waals surface area contributed by atoms with Crippen LogP contribution in [-0.2, 0) is 12.1 Å². The van der Waals surface area contributed by atoms with Crippen LogP contribution in [0.5, 0.6) is 0 Å². The lowest BCUT2D eigenvalue weighted by Gasteiger charge is -2.23. The third-order valence-corrected chi connectivity index (χ3v) is 5.16. The third-order valence-electron chi connectivity index (χ3n) is 5.16. The van der Waals surface area contributed by atoms with Gasteiger partial charge in [-0.25, -0.2) is 9.98 Å². The van der Waals surface area contributed by atoms with Gasteiger partial charge in [0.1, 0.15) is 17.2 Å². The normalized spacial score (nSPS) is 17.5. The minimum atomic E-state index is -1.12. The monoisotopic (exact) mass is 399 g/mol. The summed E-state index contributed by atoms with van der Waals surface area (Å²) < 4.78 is 5.33. The molecular formula is C22H33N5O2. The molecule has 0 aliphatic carbocycles. The molecule has 2 aromatic heterocycles. The molecule has 1 atom stereocenters. The van der Waals surface area contributed by atoms with Crippen LogP contribution in [0.3, 0.4) is 0 Å². The number of furan rings is 1. The minimum absolute atomic E-state index is 0.290. The van der Waals surface area contributed by atoms with Crippen LogP contribution < -0.4 is 15.5 Å². The summed E-state index contributed by atoms with van der Waals surface area (Å²) in [5.41, 5.74) is -0.0608. The van der Waals surface area contributed by atoms with Crippen LogP contribution in [0.1, 0.15) is 50.9 Å². The summed E-state index contributed by atoms with van der Waals surface area (Å²) >= 11 is 0. The van der Waals surface area contributed by atoms with Crippen molar-refractivity contribution in [2.45, 2.75) is 51.7 Å². The molecule has 158 valence electrons. The van der Waals surface area contributed by atoms with E-state index in [1.807, 2.05) is 13.1 Å². The first-order valence-corrected chi connectivity index (χ1v) is 10.6. The average Bonchev–Trinajstić information content (AvgIpc) is 3.15. The largest absolute Gasteiger partial charge is 0.466 e. The van der Waals surface area contributed by atoms with Gasteiger partial charge in [0.15, 0.2) is 5.96 Å². The first-order chi connectivity index (χ1) is 14.1. The van der Waals surface area contributed by atoms with E-state index in [1.165, 1.54) is 25.7 Å². The zero-order valence-electron chi connectivity index (χ0n) is 17.5. The van der Waals surface area contributed by atoms with E-state index < -0.39 is 5.60 Å². The molecule has 0 amide bonds. The Balaban J connectivity index is 1.58. The van der Waals surface area contributed by atoms with Crippen LogP contribution in [0.25, 0.3) is 0 Å². The second-order valence-corrected chi connectivity index (χ2v) is 7.73. The van der Waals surface area contributed by atoms with Gasteiger partial charge in [-0.3, -0.25) is 0 Å². The molecule has 3 heterocycles. The Hall–Kier alpha value is -2.54. The molecule has 0 aromatic carbocycles. The van der Waals surface area contributed by atoms with Crippen molar-refractivity contribution in [2.24, 2.45) is 4.99 Å². The number of nitrogens with one attached hydrogen (secondary N) is 2. The van der Waals surface area contributed by atoms with Gasteiger partial charge < -0.3 is 25.1 Å².